The third-order valence-corrected chi connectivity index (χ3v) is 4.13. The van der Waals surface area contributed by atoms with Crippen LogP contribution in [0.1, 0.15) is 30.5 Å². The van der Waals surface area contributed by atoms with Gasteiger partial charge in [0.25, 0.3) is 5.69 Å². The van der Waals surface area contributed by atoms with E-state index in [-0.39, 0.29) is 16.7 Å². The molecule has 2 rings (SSSR count). The van der Waals surface area contributed by atoms with Crippen molar-refractivity contribution in [3.05, 3.63) is 39.4 Å². The molecule has 1 saturated heterocycles. The molecule has 1 fully saturated rings. The molecule has 104 valence electrons. The molecular weight excluding hydrogens is 242 g/mol. The topological polar surface area (TPSA) is 58.4 Å². The highest BCUT2D eigenvalue weighted by Crippen LogP contribution is 2.27. The second-order valence-corrected chi connectivity index (χ2v) is 5.29. The Balaban J connectivity index is 2.20. The van der Waals surface area contributed by atoms with Crippen molar-refractivity contribution < 1.29 is 4.92 Å². The molecule has 1 N–H and O–H groups in total. The first-order valence-electron chi connectivity index (χ1n) is 6.68. The van der Waals surface area contributed by atoms with Gasteiger partial charge in [-0.25, -0.2) is 0 Å². The van der Waals surface area contributed by atoms with E-state index in [2.05, 4.69) is 24.2 Å². The summed E-state index contributed by atoms with van der Waals surface area (Å²) in [6, 6.07) is 6.23. The minimum Gasteiger partial charge on any atom is -0.315 e. The standard InChI is InChI=1S/C14H21N3O2/c1-10-4-5-12(8-14(10)17(18)19)11(2)16(3)13-6-7-15-9-13/h4-5,8,11,13,15H,6-7,9H2,1-3H3. The van der Waals surface area contributed by atoms with Crippen LogP contribution in [-0.4, -0.2) is 36.0 Å². The average molecular weight is 263 g/mol. The number of nitro benzene ring substituents is 1. The van der Waals surface area contributed by atoms with Crippen LogP contribution in [-0.2, 0) is 0 Å². The van der Waals surface area contributed by atoms with Gasteiger partial charge in [0, 0.05) is 30.3 Å². The van der Waals surface area contributed by atoms with E-state index < -0.39 is 0 Å². The molecule has 1 aliphatic heterocycles. The molecule has 1 aromatic carbocycles. The highest BCUT2D eigenvalue weighted by Gasteiger charge is 2.25. The van der Waals surface area contributed by atoms with Gasteiger partial charge in [-0.3, -0.25) is 15.0 Å². The molecule has 2 unspecified atom stereocenters. The van der Waals surface area contributed by atoms with Crippen LogP contribution in [0.5, 0.6) is 0 Å². The quantitative estimate of drug-likeness (QED) is 0.668. The minimum atomic E-state index is -0.303. The van der Waals surface area contributed by atoms with Crippen molar-refractivity contribution in [1.29, 1.82) is 0 Å². The molecule has 0 amide bonds. The predicted octanol–water partition coefficient (Wildman–Crippen LogP) is 2.26. The first-order chi connectivity index (χ1) is 9.00. The Labute approximate surface area is 113 Å². The van der Waals surface area contributed by atoms with Crippen molar-refractivity contribution in [1.82, 2.24) is 10.2 Å². The van der Waals surface area contributed by atoms with E-state index in [1.54, 1.807) is 13.0 Å². The Morgan fingerprint density at radius 3 is 2.84 bits per heavy atom. The number of benzene rings is 1. The zero-order valence-corrected chi connectivity index (χ0v) is 11.7. The zero-order chi connectivity index (χ0) is 14.0. The molecule has 1 aromatic rings. The number of hydrogen-bond acceptors (Lipinski definition) is 4. The number of nitro groups is 1. The molecule has 2 atom stereocenters. The van der Waals surface area contributed by atoms with Crippen LogP contribution in [0.15, 0.2) is 18.2 Å². The van der Waals surface area contributed by atoms with Crippen LogP contribution in [0.2, 0.25) is 0 Å². The van der Waals surface area contributed by atoms with Gasteiger partial charge in [-0.2, -0.15) is 0 Å². The maximum absolute atomic E-state index is 11.0. The lowest BCUT2D eigenvalue weighted by Crippen LogP contribution is -2.35. The van der Waals surface area contributed by atoms with E-state index in [0.717, 1.165) is 25.1 Å². The molecule has 0 spiro atoms. The monoisotopic (exact) mass is 263 g/mol. The Kier molecular flexibility index (Phi) is 4.17. The van der Waals surface area contributed by atoms with Gasteiger partial charge >= 0.3 is 0 Å². The second kappa shape index (κ2) is 5.67. The van der Waals surface area contributed by atoms with Gasteiger partial charge in [0.1, 0.15) is 0 Å². The maximum atomic E-state index is 11.0. The third-order valence-electron chi connectivity index (χ3n) is 4.13. The van der Waals surface area contributed by atoms with Gasteiger partial charge in [0.2, 0.25) is 0 Å². The molecule has 19 heavy (non-hydrogen) atoms. The van der Waals surface area contributed by atoms with Crippen molar-refractivity contribution >= 4 is 5.69 Å². The van der Waals surface area contributed by atoms with Crippen LogP contribution < -0.4 is 5.32 Å². The maximum Gasteiger partial charge on any atom is 0.272 e. The molecule has 1 heterocycles. The van der Waals surface area contributed by atoms with Crippen LogP contribution in [0.3, 0.4) is 0 Å². The fourth-order valence-corrected chi connectivity index (χ4v) is 2.62. The summed E-state index contributed by atoms with van der Waals surface area (Å²) in [6.07, 6.45) is 1.13. The molecule has 0 aliphatic carbocycles. The smallest absolute Gasteiger partial charge is 0.272 e. The molecule has 0 radical (unpaired) electrons. The molecule has 0 bridgehead atoms. The van der Waals surface area contributed by atoms with Crippen molar-refractivity contribution in [2.24, 2.45) is 0 Å². The summed E-state index contributed by atoms with van der Waals surface area (Å²) in [5.41, 5.74) is 1.93. The van der Waals surface area contributed by atoms with Crippen LogP contribution >= 0.6 is 0 Å². The Morgan fingerprint density at radius 2 is 2.26 bits per heavy atom. The summed E-state index contributed by atoms with van der Waals surface area (Å²) in [6.45, 7) is 5.93. The number of rotatable bonds is 4. The number of nitrogens with zero attached hydrogens (tertiary/aromatic N) is 2. The van der Waals surface area contributed by atoms with Crippen LogP contribution in [0.4, 0.5) is 5.69 Å². The molecule has 5 nitrogen and oxygen atoms in total. The van der Waals surface area contributed by atoms with E-state index >= 15 is 0 Å². The van der Waals surface area contributed by atoms with E-state index in [0.29, 0.717) is 11.6 Å². The fourth-order valence-electron chi connectivity index (χ4n) is 2.62. The summed E-state index contributed by atoms with van der Waals surface area (Å²) in [5, 5.41) is 14.4. The van der Waals surface area contributed by atoms with Crippen LogP contribution in [0, 0.1) is 17.0 Å². The summed E-state index contributed by atoms with van der Waals surface area (Å²) >= 11 is 0. The molecular formula is C14H21N3O2. The largest absolute Gasteiger partial charge is 0.315 e. The van der Waals surface area contributed by atoms with Gasteiger partial charge < -0.3 is 5.32 Å². The average Bonchev–Trinajstić information content (AvgIpc) is 2.91. The lowest BCUT2D eigenvalue weighted by molar-refractivity contribution is -0.385. The fraction of sp³-hybridized carbons (Fsp3) is 0.571. The number of hydrogen-bond donors (Lipinski definition) is 1. The van der Waals surface area contributed by atoms with Gasteiger partial charge in [-0.15, -0.1) is 0 Å². The Hall–Kier alpha value is -1.46. The molecule has 0 aromatic heterocycles. The summed E-state index contributed by atoms with van der Waals surface area (Å²) in [4.78, 5) is 13.0. The normalized spacial score (nSPS) is 20.7. The van der Waals surface area contributed by atoms with E-state index in [1.165, 1.54) is 0 Å². The third kappa shape index (κ3) is 2.93. The van der Waals surface area contributed by atoms with E-state index in [4.69, 9.17) is 0 Å². The zero-order valence-electron chi connectivity index (χ0n) is 11.7. The van der Waals surface area contributed by atoms with Gasteiger partial charge in [-0.1, -0.05) is 12.1 Å². The van der Waals surface area contributed by atoms with Crippen LogP contribution in [0.25, 0.3) is 0 Å². The second-order valence-electron chi connectivity index (χ2n) is 5.29. The highest BCUT2D eigenvalue weighted by molar-refractivity contribution is 5.43. The van der Waals surface area contributed by atoms with Crippen molar-refractivity contribution in [2.45, 2.75) is 32.4 Å². The van der Waals surface area contributed by atoms with Crippen molar-refractivity contribution in [3.63, 3.8) is 0 Å². The van der Waals surface area contributed by atoms with Crippen molar-refractivity contribution in [3.8, 4) is 0 Å². The summed E-state index contributed by atoms with van der Waals surface area (Å²) < 4.78 is 0. The molecule has 0 saturated carbocycles. The SMILES string of the molecule is Cc1ccc(C(C)N(C)C2CCNC2)cc1[N+](=O)[O-]. The Bertz CT molecular complexity index is 470. The molecule has 5 heteroatoms. The highest BCUT2D eigenvalue weighted by atomic mass is 16.6. The predicted molar refractivity (Wildman–Crippen MR) is 75.3 cm³/mol. The number of aryl methyl sites for hydroxylation is 1. The lowest BCUT2D eigenvalue weighted by Gasteiger charge is -2.30. The van der Waals surface area contributed by atoms with E-state index in [1.807, 2.05) is 12.1 Å². The molecule has 1 aliphatic rings. The number of likely N-dealkylation sites (N-methyl/N-ethyl adjacent to an activating group) is 1. The lowest BCUT2D eigenvalue weighted by atomic mass is 10.0. The van der Waals surface area contributed by atoms with Gasteiger partial charge in [0.05, 0.1) is 4.92 Å². The summed E-state index contributed by atoms with van der Waals surface area (Å²) in [5.74, 6) is 0. The number of nitrogens with one attached hydrogen (secondary N) is 1. The first kappa shape index (κ1) is 14.0. The van der Waals surface area contributed by atoms with E-state index in [9.17, 15) is 10.1 Å². The Morgan fingerprint density at radius 1 is 1.53 bits per heavy atom. The minimum absolute atomic E-state index is 0.184. The van der Waals surface area contributed by atoms with Gasteiger partial charge in [-0.05, 0) is 39.4 Å². The van der Waals surface area contributed by atoms with Gasteiger partial charge in [0.15, 0.2) is 0 Å². The first-order valence-corrected chi connectivity index (χ1v) is 6.68. The summed E-state index contributed by atoms with van der Waals surface area (Å²) in [7, 11) is 2.09. The van der Waals surface area contributed by atoms with Crippen molar-refractivity contribution in [2.75, 3.05) is 20.1 Å².